The lowest BCUT2D eigenvalue weighted by Gasteiger charge is -2.14. The largest absolute Gasteiger partial charge is 0.493 e. The lowest BCUT2D eigenvalue weighted by Crippen LogP contribution is -2.01. The highest BCUT2D eigenvalue weighted by Crippen LogP contribution is 2.34. The maximum Gasteiger partial charge on any atom is 0.303 e. The number of rotatable bonds is 5. The number of ether oxygens (including phenoxy) is 2. The zero-order valence-corrected chi connectivity index (χ0v) is 9.74. The van der Waals surface area contributed by atoms with Crippen molar-refractivity contribution >= 4 is 5.97 Å². The van der Waals surface area contributed by atoms with Gasteiger partial charge in [-0.2, -0.15) is 0 Å². The second-order valence-corrected chi connectivity index (χ2v) is 3.50. The van der Waals surface area contributed by atoms with Crippen LogP contribution in [0, 0.1) is 6.92 Å². The van der Waals surface area contributed by atoms with Crippen molar-refractivity contribution < 1.29 is 19.4 Å². The molecule has 0 fully saturated rings. The van der Waals surface area contributed by atoms with E-state index in [1.807, 2.05) is 19.1 Å². The monoisotopic (exact) mass is 224 g/mol. The molecule has 88 valence electrons. The third-order valence-electron chi connectivity index (χ3n) is 2.41. The van der Waals surface area contributed by atoms with E-state index in [4.69, 9.17) is 14.6 Å². The standard InChI is InChI=1S/C12H16O4/c1-8-4-5-9(6-7-10(13)14)12(16-3)11(8)15-2/h4-5H,6-7H2,1-3H3,(H,13,14). The van der Waals surface area contributed by atoms with E-state index in [0.717, 1.165) is 11.1 Å². The predicted octanol–water partition coefficient (Wildman–Crippen LogP) is 2.03. The van der Waals surface area contributed by atoms with Crippen LogP contribution < -0.4 is 9.47 Å². The molecule has 0 saturated heterocycles. The predicted molar refractivity (Wildman–Crippen MR) is 60.2 cm³/mol. The van der Waals surface area contributed by atoms with Gasteiger partial charge in [-0.1, -0.05) is 12.1 Å². The van der Waals surface area contributed by atoms with Crippen LogP contribution in [0.3, 0.4) is 0 Å². The van der Waals surface area contributed by atoms with Gasteiger partial charge in [-0.15, -0.1) is 0 Å². The quantitative estimate of drug-likeness (QED) is 0.831. The molecule has 0 aliphatic rings. The van der Waals surface area contributed by atoms with Crippen molar-refractivity contribution in [1.29, 1.82) is 0 Å². The fourth-order valence-corrected chi connectivity index (χ4v) is 1.62. The molecule has 0 bridgehead atoms. The minimum Gasteiger partial charge on any atom is -0.493 e. The van der Waals surface area contributed by atoms with E-state index >= 15 is 0 Å². The minimum atomic E-state index is -0.818. The van der Waals surface area contributed by atoms with Crippen LogP contribution in [0.5, 0.6) is 11.5 Å². The SMILES string of the molecule is COc1c(C)ccc(CCC(=O)O)c1OC. The van der Waals surface area contributed by atoms with Crippen molar-refractivity contribution in [3.8, 4) is 11.5 Å². The molecule has 1 aromatic rings. The van der Waals surface area contributed by atoms with Crippen LogP contribution in [0.2, 0.25) is 0 Å². The van der Waals surface area contributed by atoms with Crippen LogP contribution in [-0.4, -0.2) is 25.3 Å². The van der Waals surface area contributed by atoms with E-state index in [9.17, 15) is 4.79 Å². The Morgan fingerprint density at radius 2 is 1.88 bits per heavy atom. The van der Waals surface area contributed by atoms with E-state index in [1.54, 1.807) is 14.2 Å². The molecule has 0 heterocycles. The maximum absolute atomic E-state index is 10.5. The third kappa shape index (κ3) is 2.66. The number of carboxylic acids is 1. The molecule has 0 spiro atoms. The van der Waals surface area contributed by atoms with Crippen molar-refractivity contribution in [3.05, 3.63) is 23.3 Å². The van der Waals surface area contributed by atoms with Gasteiger partial charge >= 0.3 is 5.97 Å². The second kappa shape index (κ2) is 5.39. The molecule has 0 unspecified atom stereocenters. The summed E-state index contributed by atoms with van der Waals surface area (Å²) in [6.45, 7) is 1.92. The summed E-state index contributed by atoms with van der Waals surface area (Å²) in [6.07, 6.45) is 0.526. The van der Waals surface area contributed by atoms with Gasteiger partial charge in [-0.25, -0.2) is 0 Å². The second-order valence-electron chi connectivity index (χ2n) is 3.50. The normalized spacial score (nSPS) is 9.94. The average molecular weight is 224 g/mol. The van der Waals surface area contributed by atoms with Crippen molar-refractivity contribution in [2.45, 2.75) is 19.8 Å². The summed E-state index contributed by atoms with van der Waals surface area (Å²) >= 11 is 0. The molecular weight excluding hydrogens is 208 g/mol. The molecular formula is C12H16O4. The average Bonchev–Trinajstić information content (AvgIpc) is 2.26. The van der Waals surface area contributed by atoms with Crippen LogP contribution in [0.1, 0.15) is 17.5 Å². The first-order valence-electron chi connectivity index (χ1n) is 5.02. The number of carboxylic acid groups (broad SMARTS) is 1. The summed E-state index contributed by atoms with van der Waals surface area (Å²) in [6, 6.07) is 3.78. The molecule has 0 aliphatic heterocycles. The summed E-state index contributed by atoms with van der Waals surface area (Å²) in [4.78, 5) is 10.5. The molecule has 4 heteroatoms. The van der Waals surface area contributed by atoms with E-state index in [-0.39, 0.29) is 6.42 Å². The molecule has 1 N–H and O–H groups in total. The number of hydrogen-bond donors (Lipinski definition) is 1. The fraction of sp³-hybridized carbons (Fsp3) is 0.417. The third-order valence-corrected chi connectivity index (χ3v) is 2.41. The van der Waals surface area contributed by atoms with Gasteiger partial charge in [0.05, 0.1) is 14.2 Å². The highest BCUT2D eigenvalue weighted by Gasteiger charge is 2.13. The summed E-state index contributed by atoms with van der Waals surface area (Å²) < 4.78 is 10.5. The van der Waals surface area contributed by atoms with Gasteiger partial charge in [-0.05, 0) is 24.5 Å². The van der Waals surface area contributed by atoms with Gasteiger partial charge in [0.15, 0.2) is 11.5 Å². The summed E-state index contributed by atoms with van der Waals surface area (Å²) in [5.74, 6) is 0.482. The number of hydrogen-bond acceptors (Lipinski definition) is 3. The van der Waals surface area contributed by atoms with Gasteiger partial charge < -0.3 is 14.6 Å². The molecule has 0 amide bonds. The lowest BCUT2D eigenvalue weighted by atomic mass is 10.1. The highest BCUT2D eigenvalue weighted by molar-refractivity contribution is 5.67. The van der Waals surface area contributed by atoms with Gasteiger partial charge in [-0.3, -0.25) is 4.79 Å². The highest BCUT2D eigenvalue weighted by atomic mass is 16.5. The Labute approximate surface area is 94.8 Å². The molecule has 0 aromatic heterocycles. The Hall–Kier alpha value is -1.71. The molecule has 0 atom stereocenters. The van der Waals surface area contributed by atoms with Gasteiger partial charge in [0.1, 0.15) is 0 Å². The Bertz CT molecular complexity index is 385. The van der Waals surface area contributed by atoms with E-state index in [1.165, 1.54) is 0 Å². The van der Waals surface area contributed by atoms with Gasteiger partial charge in [0, 0.05) is 6.42 Å². The van der Waals surface area contributed by atoms with Gasteiger partial charge in [0.25, 0.3) is 0 Å². The van der Waals surface area contributed by atoms with Crippen LogP contribution in [-0.2, 0) is 11.2 Å². The summed E-state index contributed by atoms with van der Waals surface area (Å²) in [5, 5.41) is 8.65. The molecule has 0 aliphatic carbocycles. The van der Waals surface area contributed by atoms with E-state index in [0.29, 0.717) is 17.9 Å². The van der Waals surface area contributed by atoms with Crippen LogP contribution in [0.15, 0.2) is 12.1 Å². The molecule has 1 rings (SSSR count). The molecule has 4 nitrogen and oxygen atoms in total. The zero-order valence-electron chi connectivity index (χ0n) is 9.74. The Balaban J connectivity index is 3.04. The molecule has 16 heavy (non-hydrogen) atoms. The smallest absolute Gasteiger partial charge is 0.303 e. The molecule has 1 aromatic carbocycles. The van der Waals surface area contributed by atoms with Crippen molar-refractivity contribution in [2.24, 2.45) is 0 Å². The summed E-state index contributed by atoms with van der Waals surface area (Å²) in [7, 11) is 3.13. The molecule has 0 radical (unpaired) electrons. The lowest BCUT2D eigenvalue weighted by molar-refractivity contribution is -0.136. The van der Waals surface area contributed by atoms with Gasteiger partial charge in [0.2, 0.25) is 0 Å². The Morgan fingerprint density at radius 3 is 2.38 bits per heavy atom. The van der Waals surface area contributed by atoms with Crippen molar-refractivity contribution in [2.75, 3.05) is 14.2 Å². The minimum absolute atomic E-state index is 0.0859. The maximum atomic E-state index is 10.5. The van der Waals surface area contributed by atoms with Crippen molar-refractivity contribution in [1.82, 2.24) is 0 Å². The number of aliphatic carboxylic acids is 1. The molecule has 0 saturated carbocycles. The first-order chi connectivity index (χ1) is 7.60. The Morgan fingerprint density at radius 1 is 1.25 bits per heavy atom. The number of aryl methyl sites for hydroxylation is 2. The number of benzene rings is 1. The fourth-order valence-electron chi connectivity index (χ4n) is 1.62. The first-order valence-corrected chi connectivity index (χ1v) is 5.02. The zero-order chi connectivity index (χ0) is 12.1. The summed E-state index contributed by atoms with van der Waals surface area (Å²) in [5.41, 5.74) is 1.82. The van der Waals surface area contributed by atoms with Crippen LogP contribution >= 0.6 is 0 Å². The Kier molecular flexibility index (Phi) is 4.17. The van der Waals surface area contributed by atoms with Crippen LogP contribution in [0.25, 0.3) is 0 Å². The number of carbonyl (C=O) groups is 1. The van der Waals surface area contributed by atoms with Crippen LogP contribution in [0.4, 0.5) is 0 Å². The number of methoxy groups -OCH3 is 2. The first kappa shape index (κ1) is 12.4. The van der Waals surface area contributed by atoms with E-state index in [2.05, 4.69) is 0 Å². The van der Waals surface area contributed by atoms with Crippen molar-refractivity contribution in [3.63, 3.8) is 0 Å². The topological polar surface area (TPSA) is 55.8 Å². The van der Waals surface area contributed by atoms with E-state index < -0.39 is 5.97 Å².